The summed E-state index contributed by atoms with van der Waals surface area (Å²) in [5, 5.41) is 7.67. The van der Waals surface area contributed by atoms with E-state index in [1.165, 1.54) is 12.1 Å². The van der Waals surface area contributed by atoms with Crippen LogP contribution in [0.2, 0.25) is 0 Å². The lowest BCUT2D eigenvalue weighted by Crippen LogP contribution is -2.35. The predicted molar refractivity (Wildman–Crippen MR) is 125 cm³/mol. The summed E-state index contributed by atoms with van der Waals surface area (Å²) in [6.45, 7) is 3.93. The molecule has 2 aromatic heterocycles. The van der Waals surface area contributed by atoms with E-state index >= 15 is 0 Å². The zero-order valence-corrected chi connectivity index (χ0v) is 17.8. The maximum absolute atomic E-state index is 14.8. The molecule has 1 aliphatic rings. The average Bonchev–Trinajstić information content (AvgIpc) is 2.80. The van der Waals surface area contributed by atoms with Gasteiger partial charge in [-0.1, -0.05) is 24.3 Å². The minimum Gasteiger partial charge on any atom is -0.367 e. The molecule has 4 aromatic rings. The van der Waals surface area contributed by atoms with Crippen LogP contribution in [0.4, 0.5) is 14.6 Å². The molecule has 0 aliphatic carbocycles. The molecule has 5 rings (SSSR count). The molecule has 0 amide bonds. The lowest BCUT2D eigenvalue weighted by molar-refractivity contribution is 0.478. The van der Waals surface area contributed by atoms with E-state index in [9.17, 15) is 8.78 Å². The van der Waals surface area contributed by atoms with Crippen molar-refractivity contribution in [3.05, 3.63) is 78.0 Å². The number of piperidine rings is 1. The van der Waals surface area contributed by atoms with Crippen molar-refractivity contribution in [1.82, 2.24) is 15.3 Å². The van der Waals surface area contributed by atoms with Crippen molar-refractivity contribution in [3.8, 4) is 22.4 Å². The number of nitrogens with one attached hydrogen (secondary N) is 2. The number of nitrogens with zero attached hydrogens (tertiary/aromatic N) is 2. The van der Waals surface area contributed by atoms with Gasteiger partial charge in [-0.05, 0) is 68.2 Å². The summed E-state index contributed by atoms with van der Waals surface area (Å²) >= 11 is 0. The second-order valence-corrected chi connectivity index (χ2v) is 8.22. The van der Waals surface area contributed by atoms with E-state index in [2.05, 4.69) is 15.6 Å². The maximum atomic E-state index is 14.8. The van der Waals surface area contributed by atoms with Crippen molar-refractivity contribution in [1.29, 1.82) is 0 Å². The highest BCUT2D eigenvalue weighted by Crippen LogP contribution is 2.36. The highest BCUT2D eigenvalue weighted by Gasteiger charge is 2.19. The van der Waals surface area contributed by atoms with Crippen LogP contribution in [0.3, 0.4) is 0 Å². The molecular formula is C26H24F2N4. The van der Waals surface area contributed by atoms with Crippen LogP contribution in [0, 0.1) is 18.6 Å². The molecule has 0 radical (unpaired) electrons. The molecule has 6 heteroatoms. The van der Waals surface area contributed by atoms with Crippen molar-refractivity contribution in [3.63, 3.8) is 0 Å². The first-order valence-corrected chi connectivity index (χ1v) is 10.9. The van der Waals surface area contributed by atoms with Gasteiger partial charge in [-0.15, -0.1) is 0 Å². The summed E-state index contributed by atoms with van der Waals surface area (Å²) < 4.78 is 28.5. The number of pyridine rings is 2. The van der Waals surface area contributed by atoms with Gasteiger partial charge in [-0.25, -0.2) is 13.8 Å². The lowest BCUT2D eigenvalue weighted by Gasteiger charge is -2.25. The number of hydrogen-bond acceptors (Lipinski definition) is 4. The van der Waals surface area contributed by atoms with Gasteiger partial charge in [0.2, 0.25) is 0 Å². The van der Waals surface area contributed by atoms with E-state index in [0.29, 0.717) is 22.5 Å². The molecule has 32 heavy (non-hydrogen) atoms. The normalized spacial score (nSPS) is 14.6. The molecule has 0 atom stereocenters. The lowest BCUT2D eigenvalue weighted by atomic mass is 9.97. The number of hydrogen-bond donors (Lipinski definition) is 2. The van der Waals surface area contributed by atoms with E-state index in [4.69, 9.17) is 4.98 Å². The zero-order chi connectivity index (χ0) is 22.1. The third-order valence-corrected chi connectivity index (χ3v) is 6.04. The van der Waals surface area contributed by atoms with Crippen molar-refractivity contribution >= 4 is 16.7 Å². The van der Waals surface area contributed by atoms with E-state index in [0.717, 1.165) is 54.2 Å². The molecule has 0 saturated carbocycles. The van der Waals surface area contributed by atoms with Crippen LogP contribution in [-0.2, 0) is 0 Å². The largest absolute Gasteiger partial charge is 0.367 e. The Morgan fingerprint density at radius 3 is 2.53 bits per heavy atom. The monoisotopic (exact) mass is 430 g/mol. The van der Waals surface area contributed by atoms with Crippen LogP contribution < -0.4 is 10.6 Å². The second-order valence-electron chi connectivity index (χ2n) is 8.22. The van der Waals surface area contributed by atoms with Crippen LogP contribution in [0.1, 0.15) is 18.4 Å². The van der Waals surface area contributed by atoms with Gasteiger partial charge in [0.1, 0.15) is 17.5 Å². The third-order valence-electron chi connectivity index (χ3n) is 6.04. The molecule has 2 N–H and O–H groups in total. The summed E-state index contributed by atoms with van der Waals surface area (Å²) in [7, 11) is 0. The Bertz CT molecular complexity index is 1280. The van der Waals surface area contributed by atoms with E-state index in [1.807, 2.05) is 43.3 Å². The van der Waals surface area contributed by atoms with Crippen LogP contribution in [-0.4, -0.2) is 29.1 Å². The fourth-order valence-electron chi connectivity index (χ4n) is 4.37. The molecule has 3 heterocycles. The van der Waals surface area contributed by atoms with Gasteiger partial charge in [-0.2, -0.15) is 0 Å². The Hall–Kier alpha value is -3.38. The van der Waals surface area contributed by atoms with E-state index in [-0.39, 0.29) is 6.04 Å². The molecule has 4 nitrogen and oxygen atoms in total. The van der Waals surface area contributed by atoms with Crippen LogP contribution in [0.5, 0.6) is 0 Å². The Labute approximate surface area is 185 Å². The SMILES string of the molecule is Cc1ccccc1-c1nccc2c(-c3ccc(F)cc3F)cc(NC3CCNCC3)nc12. The number of anilines is 1. The topological polar surface area (TPSA) is 49.8 Å². The van der Waals surface area contributed by atoms with Crippen LogP contribution >= 0.6 is 0 Å². The first-order chi connectivity index (χ1) is 15.6. The smallest absolute Gasteiger partial charge is 0.133 e. The molecule has 162 valence electrons. The molecule has 0 spiro atoms. The number of fused-ring (bicyclic) bond motifs is 1. The molecule has 1 aliphatic heterocycles. The standard InChI is InChI=1S/C26H24F2N4/c1-16-4-2-3-5-19(16)25-26-21(10-13-30-25)22(20-7-6-17(27)14-23(20)28)15-24(32-26)31-18-8-11-29-12-9-18/h2-7,10,13-15,18,29H,8-9,11-12H2,1H3,(H,31,32). The van der Waals surface area contributed by atoms with Gasteiger partial charge in [-0.3, -0.25) is 4.98 Å². The molecular weight excluding hydrogens is 406 g/mol. The minimum atomic E-state index is -0.598. The van der Waals surface area contributed by atoms with Gasteiger partial charge < -0.3 is 10.6 Å². The molecule has 1 fully saturated rings. The Kier molecular flexibility index (Phi) is 5.53. The quantitative estimate of drug-likeness (QED) is 0.435. The summed E-state index contributed by atoms with van der Waals surface area (Å²) in [6.07, 6.45) is 3.69. The van der Waals surface area contributed by atoms with Crippen molar-refractivity contribution in [2.45, 2.75) is 25.8 Å². The summed E-state index contributed by atoms with van der Waals surface area (Å²) in [6, 6.07) is 15.7. The molecule has 0 unspecified atom stereocenters. The molecule has 0 bridgehead atoms. The summed E-state index contributed by atoms with van der Waals surface area (Å²) in [4.78, 5) is 9.57. The van der Waals surface area contributed by atoms with Gasteiger partial charge in [0, 0.05) is 34.8 Å². The number of benzene rings is 2. The Balaban J connectivity index is 1.74. The number of aromatic nitrogens is 2. The summed E-state index contributed by atoms with van der Waals surface area (Å²) in [5.74, 6) is -0.523. The summed E-state index contributed by atoms with van der Waals surface area (Å²) in [5.41, 5.74) is 4.52. The highest BCUT2D eigenvalue weighted by molar-refractivity contribution is 6.02. The van der Waals surface area contributed by atoms with Crippen molar-refractivity contribution in [2.75, 3.05) is 18.4 Å². The number of halogens is 2. The minimum absolute atomic E-state index is 0.283. The zero-order valence-electron chi connectivity index (χ0n) is 17.8. The van der Waals surface area contributed by atoms with Gasteiger partial charge in [0.25, 0.3) is 0 Å². The van der Waals surface area contributed by atoms with Gasteiger partial charge >= 0.3 is 0 Å². The van der Waals surface area contributed by atoms with Crippen LogP contribution in [0.15, 0.2) is 60.8 Å². The fraction of sp³-hybridized carbons (Fsp3) is 0.231. The fourth-order valence-corrected chi connectivity index (χ4v) is 4.37. The average molecular weight is 431 g/mol. The second kappa shape index (κ2) is 8.63. The maximum Gasteiger partial charge on any atom is 0.133 e. The predicted octanol–water partition coefficient (Wildman–Crippen LogP) is 5.71. The van der Waals surface area contributed by atoms with Gasteiger partial charge in [0.05, 0.1) is 11.2 Å². The number of rotatable bonds is 4. The van der Waals surface area contributed by atoms with E-state index < -0.39 is 11.6 Å². The first kappa shape index (κ1) is 20.5. The highest BCUT2D eigenvalue weighted by atomic mass is 19.1. The number of aryl methyl sites for hydroxylation is 1. The molecule has 2 aromatic carbocycles. The van der Waals surface area contributed by atoms with Gasteiger partial charge in [0.15, 0.2) is 0 Å². The van der Waals surface area contributed by atoms with Crippen molar-refractivity contribution in [2.24, 2.45) is 0 Å². The molecule has 1 saturated heterocycles. The van der Waals surface area contributed by atoms with Crippen molar-refractivity contribution < 1.29 is 8.78 Å². The third kappa shape index (κ3) is 3.94. The van der Waals surface area contributed by atoms with Crippen LogP contribution in [0.25, 0.3) is 33.3 Å². The Morgan fingerprint density at radius 2 is 1.75 bits per heavy atom. The van der Waals surface area contributed by atoms with E-state index in [1.54, 1.807) is 6.20 Å². The Morgan fingerprint density at radius 1 is 0.938 bits per heavy atom. The first-order valence-electron chi connectivity index (χ1n) is 10.9.